The van der Waals surface area contributed by atoms with Crippen LogP contribution < -0.4 is 0 Å². The molecule has 1 nitrogen and oxygen atoms in total. The quantitative estimate of drug-likeness (QED) is 0.882. The van der Waals surface area contributed by atoms with E-state index in [9.17, 15) is 5.11 Å². The van der Waals surface area contributed by atoms with Gasteiger partial charge in [0.1, 0.15) is 0 Å². The lowest BCUT2D eigenvalue weighted by atomic mass is 10.0. The molecular formula is C15H16OS. The number of benzene rings is 2. The van der Waals surface area contributed by atoms with Crippen LogP contribution in [0.3, 0.4) is 0 Å². The molecule has 0 radical (unpaired) electrons. The average molecular weight is 244 g/mol. The van der Waals surface area contributed by atoms with Gasteiger partial charge in [-0.15, -0.1) is 0 Å². The van der Waals surface area contributed by atoms with Crippen LogP contribution in [0.1, 0.15) is 22.5 Å². The molecule has 0 saturated carbocycles. The normalized spacial score (nSPS) is 14.2. The fraction of sp³-hybridized carbons (Fsp3) is 0.200. The Morgan fingerprint density at radius 1 is 0.824 bits per heavy atom. The summed E-state index contributed by atoms with van der Waals surface area (Å²) in [6.07, 6.45) is 1.57. The minimum atomic E-state index is -0.464. The van der Waals surface area contributed by atoms with Gasteiger partial charge in [-0.05, 0) is 17.4 Å². The number of thioether (sulfide) groups is 1. The van der Waals surface area contributed by atoms with Gasteiger partial charge in [0, 0.05) is 0 Å². The summed E-state index contributed by atoms with van der Waals surface area (Å²) in [6, 6.07) is 20.0. The first-order valence-electron chi connectivity index (χ1n) is 5.63. The van der Waals surface area contributed by atoms with E-state index in [0.717, 1.165) is 11.1 Å². The molecule has 0 bridgehead atoms. The van der Waals surface area contributed by atoms with E-state index in [1.54, 1.807) is 11.8 Å². The van der Waals surface area contributed by atoms with Crippen molar-refractivity contribution in [3.05, 3.63) is 71.8 Å². The molecule has 2 atom stereocenters. The largest absolute Gasteiger partial charge is 0.387 e. The molecule has 0 aromatic heterocycles. The molecule has 2 aromatic rings. The van der Waals surface area contributed by atoms with E-state index < -0.39 is 6.10 Å². The standard InChI is InChI=1S/C15H16OS/c1-17-15(13-10-6-3-7-11-13)14(16)12-8-4-2-5-9-12/h2-11,14-16H,1H3/t14-,15-/m1/s1. The molecule has 0 aliphatic carbocycles. The Morgan fingerprint density at radius 2 is 1.29 bits per heavy atom. The van der Waals surface area contributed by atoms with E-state index in [1.807, 2.05) is 54.8 Å². The fourth-order valence-corrected chi connectivity index (χ4v) is 2.76. The van der Waals surface area contributed by atoms with Crippen molar-refractivity contribution in [1.29, 1.82) is 0 Å². The molecular weight excluding hydrogens is 228 g/mol. The van der Waals surface area contributed by atoms with Gasteiger partial charge < -0.3 is 5.11 Å². The summed E-state index contributed by atoms with van der Waals surface area (Å²) >= 11 is 1.68. The molecule has 2 rings (SSSR count). The lowest BCUT2D eigenvalue weighted by molar-refractivity contribution is 0.175. The highest BCUT2D eigenvalue weighted by Gasteiger charge is 2.21. The summed E-state index contributed by atoms with van der Waals surface area (Å²) < 4.78 is 0. The van der Waals surface area contributed by atoms with Crippen LogP contribution in [-0.4, -0.2) is 11.4 Å². The van der Waals surface area contributed by atoms with Gasteiger partial charge in [-0.2, -0.15) is 11.8 Å². The van der Waals surface area contributed by atoms with Crippen molar-refractivity contribution in [2.45, 2.75) is 11.4 Å². The molecule has 2 aromatic carbocycles. The van der Waals surface area contributed by atoms with Crippen molar-refractivity contribution >= 4 is 11.8 Å². The average Bonchev–Trinajstić information content (AvgIpc) is 2.42. The molecule has 0 amide bonds. The lowest BCUT2D eigenvalue weighted by Gasteiger charge is -2.21. The van der Waals surface area contributed by atoms with Gasteiger partial charge in [0.25, 0.3) is 0 Å². The van der Waals surface area contributed by atoms with Crippen LogP contribution in [0.5, 0.6) is 0 Å². The number of aliphatic hydroxyl groups is 1. The van der Waals surface area contributed by atoms with Gasteiger partial charge in [0.2, 0.25) is 0 Å². The van der Waals surface area contributed by atoms with Gasteiger partial charge in [0.15, 0.2) is 0 Å². The Labute approximate surface area is 107 Å². The molecule has 0 aliphatic heterocycles. The first kappa shape index (κ1) is 12.2. The molecule has 0 aliphatic rings. The predicted molar refractivity (Wildman–Crippen MR) is 74.1 cm³/mol. The summed E-state index contributed by atoms with van der Waals surface area (Å²) in [5, 5.41) is 10.5. The van der Waals surface area contributed by atoms with Crippen molar-refractivity contribution in [2.75, 3.05) is 6.26 Å². The van der Waals surface area contributed by atoms with Gasteiger partial charge in [-0.25, -0.2) is 0 Å². The molecule has 0 spiro atoms. The Hall–Kier alpha value is -1.25. The molecule has 0 saturated heterocycles. The SMILES string of the molecule is CS[C@H](c1ccccc1)[C@H](O)c1ccccc1. The van der Waals surface area contributed by atoms with E-state index in [1.165, 1.54) is 0 Å². The predicted octanol–water partition coefficient (Wildman–Crippen LogP) is 3.82. The zero-order valence-electron chi connectivity index (χ0n) is 9.78. The highest BCUT2D eigenvalue weighted by atomic mass is 32.2. The second-order valence-corrected chi connectivity index (χ2v) is 4.90. The monoisotopic (exact) mass is 244 g/mol. The van der Waals surface area contributed by atoms with Crippen LogP contribution in [0.15, 0.2) is 60.7 Å². The zero-order chi connectivity index (χ0) is 12.1. The Balaban J connectivity index is 2.25. The van der Waals surface area contributed by atoms with Crippen LogP contribution in [0.4, 0.5) is 0 Å². The van der Waals surface area contributed by atoms with Gasteiger partial charge in [-0.3, -0.25) is 0 Å². The van der Waals surface area contributed by atoms with Crippen molar-refractivity contribution in [2.24, 2.45) is 0 Å². The minimum absolute atomic E-state index is 0.0820. The maximum Gasteiger partial charge on any atom is 0.0949 e. The van der Waals surface area contributed by atoms with E-state index in [2.05, 4.69) is 12.1 Å². The van der Waals surface area contributed by atoms with E-state index in [4.69, 9.17) is 0 Å². The highest BCUT2D eigenvalue weighted by molar-refractivity contribution is 7.98. The van der Waals surface area contributed by atoms with Crippen LogP contribution >= 0.6 is 11.8 Å². The molecule has 1 N–H and O–H groups in total. The Bertz CT molecular complexity index is 441. The highest BCUT2D eigenvalue weighted by Crippen LogP contribution is 2.38. The van der Waals surface area contributed by atoms with Crippen molar-refractivity contribution in [3.63, 3.8) is 0 Å². The molecule has 0 heterocycles. The van der Waals surface area contributed by atoms with Gasteiger partial charge >= 0.3 is 0 Å². The van der Waals surface area contributed by atoms with Crippen LogP contribution in [0.2, 0.25) is 0 Å². The first-order valence-corrected chi connectivity index (χ1v) is 6.92. The van der Waals surface area contributed by atoms with E-state index in [0.29, 0.717) is 0 Å². The smallest absolute Gasteiger partial charge is 0.0949 e. The van der Waals surface area contributed by atoms with E-state index in [-0.39, 0.29) is 5.25 Å². The second kappa shape index (κ2) is 5.89. The Kier molecular flexibility index (Phi) is 4.24. The van der Waals surface area contributed by atoms with Crippen LogP contribution in [-0.2, 0) is 0 Å². The van der Waals surface area contributed by atoms with Gasteiger partial charge in [-0.1, -0.05) is 60.7 Å². The number of aliphatic hydroxyl groups excluding tert-OH is 1. The zero-order valence-corrected chi connectivity index (χ0v) is 10.6. The summed E-state index contributed by atoms with van der Waals surface area (Å²) in [6.45, 7) is 0. The minimum Gasteiger partial charge on any atom is -0.387 e. The number of rotatable bonds is 4. The molecule has 17 heavy (non-hydrogen) atoms. The second-order valence-electron chi connectivity index (χ2n) is 3.92. The van der Waals surface area contributed by atoms with Crippen molar-refractivity contribution in [1.82, 2.24) is 0 Å². The van der Waals surface area contributed by atoms with Gasteiger partial charge in [0.05, 0.1) is 11.4 Å². The number of hydrogen-bond donors (Lipinski definition) is 1. The summed E-state index contributed by atoms with van der Waals surface area (Å²) in [5.41, 5.74) is 2.13. The summed E-state index contributed by atoms with van der Waals surface area (Å²) in [7, 11) is 0. The maximum absolute atomic E-state index is 10.4. The molecule has 0 unspecified atom stereocenters. The topological polar surface area (TPSA) is 20.2 Å². The Morgan fingerprint density at radius 3 is 1.76 bits per heavy atom. The van der Waals surface area contributed by atoms with Crippen molar-refractivity contribution < 1.29 is 5.11 Å². The third-order valence-electron chi connectivity index (χ3n) is 2.81. The maximum atomic E-state index is 10.4. The van der Waals surface area contributed by atoms with Crippen LogP contribution in [0.25, 0.3) is 0 Å². The van der Waals surface area contributed by atoms with Crippen LogP contribution in [0, 0.1) is 0 Å². The molecule has 0 fully saturated rings. The first-order chi connectivity index (χ1) is 8.33. The lowest BCUT2D eigenvalue weighted by Crippen LogP contribution is -2.07. The molecule has 2 heteroatoms. The number of hydrogen-bond acceptors (Lipinski definition) is 2. The summed E-state index contributed by atoms with van der Waals surface area (Å²) in [4.78, 5) is 0. The summed E-state index contributed by atoms with van der Waals surface area (Å²) in [5.74, 6) is 0. The van der Waals surface area contributed by atoms with E-state index >= 15 is 0 Å². The fourth-order valence-electron chi connectivity index (χ4n) is 1.91. The van der Waals surface area contributed by atoms with Crippen molar-refractivity contribution in [3.8, 4) is 0 Å². The third kappa shape index (κ3) is 2.90. The third-order valence-corrected chi connectivity index (χ3v) is 3.85. The molecule has 88 valence electrons.